The van der Waals surface area contributed by atoms with E-state index in [-0.39, 0.29) is 5.41 Å². The lowest BCUT2D eigenvalue weighted by Gasteiger charge is -2.15. The van der Waals surface area contributed by atoms with Gasteiger partial charge >= 0.3 is 0 Å². The minimum atomic E-state index is 0.117. The second kappa shape index (κ2) is 2.74. The molecule has 0 saturated carbocycles. The summed E-state index contributed by atoms with van der Waals surface area (Å²) in [6.07, 6.45) is 3.49. The summed E-state index contributed by atoms with van der Waals surface area (Å²) in [7, 11) is 0. The van der Waals surface area contributed by atoms with Crippen LogP contribution in [-0.2, 0) is 5.41 Å². The number of anilines is 1. The Kier molecular flexibility index (Phi) is 1.77. The predicted molar refractivity (Wildman–Crippen MR) is 59.2 cm³/mol. The molecule has 3 N–H and O–H groups in total. The number of rotatable bonds is 0. The molecule has 0 amide bonds. The maximum atomic E-state index is 5.83. The van der Waals surface area contributed by atoms with Crippen LogP contribution in [0, 0.1) is 0 Å². The highest BCUT2D eigenvalue weighted by molar-refractivity contribution is 5.90. The SMILES string of the molecule is CC(C)(C)c1cc2c(N)cncc2[nH]1. The molecule has 0 aliphatic carbocycles. The molecule has 74 valence electrons. The third-order valence-corrected chi connectivity index (χ3v) is 2.38. The number of nitrogens with zero attached hydrogens (tertiary/aromatic N) is 1. The second-order valence-electron chi connectivity index (χ2n) is 4.62. The third-order valence-electron chi connectivity index (χ3n) is 2.38. The molecular formula is C11H15N3. The summed E-state index contributed by atoms with van der Waals surface area (Å²) in [5, 5.41) is 1.06. The van der Waals surface area contributed by atoms with Gasteiger partial charge in [-0.2, -0.15) is 0 Å². The zero-order chi connectivity index (χ0) is 10.3. The van der Waals surface area contributed by atoms with E-state index in [0.717, 1.165) is 16.6 Å². The molecule has 0 saturated heterocycles. The van der Waals surface area contributed by atoms with Crippen LogP contribution < -0.4 is 5.73 Å². The summed E-state index contributed by atoms with van der Waals surface area (Å²) in [5.41, 5.74) is 8.87. The number of aromatic nitrogens is 2. The fraction of sp³-hybridized carbons (Fsp3) is 0.364. The number of H-pyrrole nitrogens is 1. The van der Waals surface area contributed by atoms with Crippen LogP contribution in [0.3, 0.4) is 0 Å². The number of nitrogens with one attached hydrogen (secondary N) is 1. The topological polar surface area (TPSA) is 54.7 Å². The maximum Gasteiger partial charge on any atom is 0.0663 e. The Morgan fingerprint density at radius 1 is 1.29 bits per heavy atom. The average molecular weight is 189 g/mol. The molecule has 0 unspecified atom stereocenters. The van der Waals surface area contributed by atoms with E-state index in [1.165, 1.54) is 5.69 Å². The van der Waals surface area contributed by atoms with Gasteiger partial charge in [-0.1, -0.05) is 20.8 Å². The number of nitrogens with two attached hydrogens (primary N) is 1. The molecule has 0 spiro atoms. The summed E-state index contributed by atoms with van der Waals surface area (Å²) in [6, 6.07) is 2.10. The fourth-order valence-electron chi connectivity index (χ4n) is 1.48. The maximum absolute atomic E-state index is 5.83. The van der Waals surface area contributed by atoms with Crippen molar-refractivity contribution in [3.63, 3.8) is 0 Å². The lowest BCUT2D eigenvalue weighted by molar-refractivity contribution is 0.574. The molecule has 0 aliphatic rings. The highest BCUT2D eigenvalue weighted by Crippen LogP contribution is 2.27. The van der Waals surface area contributed by atoms with Gasteiger partial charge in [0.25, 0.3) is 0 Å². The zero-order valence-electron chi connectivity index (χ0n) is 8.76. The first-order chi connectivity index (χ1) is 6.48. The van der Waals surface area contributed by atoms with Crippen LogP contribution in [0.15, 0.2) is 18.5 Å². The molecule has 2 aromatic heterocycles. The van der Waals surface area contributed by atoms with Crippen LogP contribution in [0.1, 0.15) is 26.5 Å². The number of pyridine rings is 1. The lowest BCUT2D eigenvalue weighted by Crippen LogP contribution is -2.10. The quantitative estimate of drug-likeness (QED) is 0.668. The van der Waals surface area contributed by atoms with Crippen LogP contribution in [0.25, 0.3) is 10.9 Å². The Morgan fingerprint density at radius 3 is 2.57 bits per heavy atom. The van der Waals surface area contributed by atoms with Gasteiger partial charge in [0.2, 0.25) is 0 Å². The van der Waals surface area contributed by atoms with E-state index in [1.54, 1.807) is 12.4 Å². The Balaban J connectivity index is 2.69. The molecule has 2 rings (SSSR count). The first-order valence-corrected chi connectivity index (χ1v) is 4.71. The van der Waals surface area contributed by atoms with E-state index in [4.69, 9.17) is 5.73 Å². The zero-order valence-corrected chi connectivity index (χ0v) is 8.76. The molecular weight excluding hydrogens is 174 g/mol. The predicted octanol–water partition coefficient (Wildman–Crippen LogP) is 2.44. The van der Waals surface area contributed by atoms with Crippen molar-refractivity contribution in [3.8, 4) is 0 Å². The molecule has 0 radical (unpaired) electrons. The molecule has 14 heavy (non-hydrogen) atoms. The molecule has 0 aromatic carbocycles. The van der Waals surface area contributed by atoms with Gasteiger partial charge in [0, 0.05) is 16.5 Å². The van der Waals surface area contributed by atoms with Crippen molar-refractivity contribution in [1.29, 1.82) is 0 Å². The Morgan fingerprint density at radius 2 is 2.00 bits per heavy atom. The van der Waals surface area contributed by atoms with Crippen LogP contribution in [0.2, 0.25) is 0 Å². The van der Waals surface area contributed by atoms with Crippen molar-refractivity contribution in [3.05, 3.63) is 24.2 Å². The monoisotopic (exact) mass is 189 g/mol. The van der Waals surface area contributed by atoms with Crippen molar-refractivity contribution < 1.29 is 0 Å². The summed E-state index contributed by atoms with van der Waals surface area (Å²) in [6.45, 7) is 6.50. The first-order valence-electron chi connectivity index (χ1n) is 4.71. The third kappa shape index (κ3) is 1.35. The number of aromatic amines is 1. The lowest BCUT2D eigenvalue weighted by atomic mass is 9.92. The van der Waals surface area contributed by atoms with Gasteiger partial charge in [-0.05, 0) is 6.07 Å². The molecule has 3 nitrogen and oxygen atoms in total. The summed E-state index contributed by atoms with van der Waals surface area (Å²) in [5.74, 6) is 0. The number of hydrogen-bond acceptors (Lipinski definition) is 2. The molecule has 0 fully saturated rings. The smallest absolute Gasteiger partial charge is 0.0663 e. The van der Waals surface area contributed by atoms with Gasteiger partial charge in [-0.25, -0.2) is 0 Å². The van der Waals surface area contributed by atoms with Crippen molar-refractivity contribution in [2.75, 3.05) is 5.73 Å². The number of fused-ring (bicyclic) bond motifs is 1. The average Bonchev–Trinajstić information content (AvgIpc) is 2.48. The first kappa shape index (κ1) is 9.06. The highest BCUT2D eigenvalue weighted by atomic mass is 14.8. The van der Waals surface area contributed by atoms with Crippen molar-refractivity contribution in [2.24, 2.45) is 0 Å². The van der Waals surface area contributed by atoms with Crippen molar-refractivity contribution >= 4 is 16.6 Å². The Hall–Kier alpha value is -1.51. The Labute approximate surface area is 83.3 Å². The normalized spacial score (nSPS) is 12.2. The van der Waals surface area contributed by atoms with E-state index < -0.39 is 0 Å². The molecule has 3 heteroatoms. The van der Waals surface area contributed by atoms with Crippen molar-refractivity contribution in [2.45, 2.75) is 26.2 Å². The van der Waals surface area contributed by atoms with Gasteiger partial charge in [0.05, 0.1) is 23.6 Å². The van der Waals surface area contributed by atoms with Crippen LogP contribution >= 0.6 is 0 Å². The van der Waals surface area contributed by atoms with Crippen molar-refractivity contribution in [1.82, 2.24) is 9.97 Å². The van der Waals surface area contributed by atoms with Crippen LogP contribution in [0.5, 0.6) is 0 Å². The second-order valence-corrected chi connectivity index (χ2v) is 4.62. The van der Waals surface area contributed by atoms with Gasteiger partial charge in [0.1, 0.15) is 0 Å². The summed E-state index contributed by atoms with van der Waals surface area (Å²) < 4.78 is 0. The standard InChI is InChI=1S/C11H15N3/c1-11(2,3)10-4-7-8(12)5-13-6-9(7)14-10/h4-6,14H,12H2,1-3H3. The van der Waals surface area contributed by atoms with E-state index in [1.807, 2.05) is 0 Å². The minimum absolute atomic E-state index is 0.117. The highest BCUT2D eigenvalue weighted by Gasteiger charge is 2.16. The summed E-state index contributed by atoms with van der Waals surface area (Å²) in [4.78, 5) is 7.39. The molecule has 0 aliphatic heterocycles. The van der Waals surface area contributed by atoms with E-state index in [9.17, 15) is 0 Å². The molecule has 0 bridgehead atoms. The minimum Gasteiger partial charge on any atom is -0.397 e. The van der Waals surface area contributed by atoms with Gasteiger partial charge in [0.15, 0.2) is 0 Å². The molecule has 0 atom stereocenters. The number of hydrogen-bond donors (Lipinski definition) is 2. The van der Waals surface area contributed by atoms with Gasteiger partial charge < -0.3 is 10.7 Å². The molecule has 2 aromatic rings. The Bertz CT molecular complexity index is 463. The largest absolute Gasteiger partial charge is 0.397 e. The van der Waals surface area contributed by atoms with Gasteiger partial charge in [-0.15, -0.1) is 0 Å². The number of nitrogen functional groups attached to an aromatic ring is 1. The van der Waals surface area contributed by atoms with E-state index in [2.05, 4.69) is 36.8 Å². The van der Waals surface area contributed by atoms with Crippen LogP contribution in [-0.4, -0.2) is 9.97 Å². The summed E-state index contributed by atoms with van der Waals surface area (Å²) >= 11 is 0. The van der Waals surface area contributed by atoms with E-state index in [0.29, 0.717) is 0 Å². The van der Waals surface area contributed by atoms with Gasteiger partial charge in [-0.3, -0.25) is 4.98 Å². The fourth-order valence-corrected chi connectivity index (χ4v) is 1.48. The molecule has 2 heterocycles. The van der Waals surface area contributed by atoms with Crippen LogP contribution in [0.4, 0.5) is 5.69 Å². The van der Waals surface area contributed by atoms with E-state index >= 15 is 0 Å².